The number of rotatable bonds is 4. The van der Waals surface area contributed by atoms with E-state index in [0.29, 0.717) is 39.1 Å². The summed E-state index contributed by atoms with van der Waals surface area (Å²) in [4.78, 5) is 27.3. The van der Waals surface area contributed by atoms with Crippen LogP contribution in [0, 0.1) is 0 Å². The molecule has 0 aromatic rings. The first-order valence-corrected chi connectivity index (χ1v) is 6.85. The fourth-order valence-corrected chi connectivity index (χ4v) is 2.42. The molecule has 6 nitrogen and oxygen atoms in total. The number of urea groups is 1. The number of hydrogen-bond donors (Lipinski definition) is 1. The molecule has 2 amide bonds. The Balaban J connectivity index is 2.69. The summed E-state index contributed by atoms with van der Waals surface area (Å²) < 4.78 is 5.17. The molecule has 110 valence electrons. The van der Waals surface area contributed by atoms with Gasteiger partial charge in [0.05, 0.1) is 6.61 Å². The van der Waals surface area contributed by atoms with E-state index >= 15 is 0 Å². The number of esters is 1. The Kier molecular flexibility index (Phi) is 5.60. The van der Waals surface area contributed by atoms with Crippen LogP contribution >= 0.6 is 0 Å². The van der Waals surface area contributed by atoms with Crippen molar-refractivity contribution in [1.29, 1.82) is 0 Å². The van der Waals surface area contributed by atoms with Gasteiger partial charge in [-0.3, -0.25) is 4.79 Å². The Bertz CT molecular complexity index is 323. The van der Waals surface area contributed by atoms with Crippen molar-refractivity contribution in [2.45, 2.75) is 32.2 Å². The lowest BCUT2D eigenvalue weighted by atomic mass is 9.87. The largest absolute Gasteiger partial charge is 0.465 e. The van der Waals surface area contributed by atoms with Crippen LogP contribution in [0.4, 0.5) is 4.79 Å². The molecule has 6 heteroatoms. The van der Waals surface area contributed by atoms with Crippen molar-refractivity contribution < 1.29 is 14.3 Å². The Morgan fingerprint density at radius 3 is 2.26 bits per heavy atom. The van der Waals surface area contributed by atoms with Crippen LogP contribution in [0.2, 0.25) is 0 Å². The van der Waals surface area contributed by atoms with Gasteiger partial charge in [0.2, 0.25) is 0 Å². The fourth-order valence-electron chi connectivity index (χ4n) is 2.42. The summed E-state index contributed by atoms with van der Waals surface area (Å²) in [5.41, 5.74) is -0.631. The first kappa shape index (κ1) is 15.8. The fraction of sp³-hybridized carbons (Fsp3) is 0.846. The zero-order valence-corrected chi connectivity index (χ0v) is 12.4. The number of carbonyl (C=O) groups is 2. The second kappa shape index (κ2) is 6.75. The SMILES string of the molecule is CCNC1(C(=O)OCC)CCN(C(=O)N(C)C)CC1. The molecule has 0 radical (unpaired) electrons. The monoisotopic (exact) mass is 271 g/mol. The summed E-state index contributed by atoms with van der Waals surface area (Å²) in [5, 5.41) is 3.25. The second-order valence-electron chi connectivity index (χ2n) is 5.00. The van der Waals surface area contributed by atoms with Crippen molar-refractivity contribution in [2.24, 2.45) is 0 Å². The Morgan fingerprint density at radius 1 is 1.26 bits per heavy atom. The molecule has 1 aliphatic heterocycles. The maximum Gasteiger partial charge on any atom is 0.326 e. The normalized spacial score (nSPS) is 18.0. The molecule has 1 heterocycles. The van der Waals surface area contributed by atoms with E-state index in [4.69, 9.17) is 4.74 Å². The van der Waals surface area contributed by atoms with Gasteiger partial charge in [-0.2, -0.15) is 0 Å². The van der Waals surface area contributed by atoms with Crippen molar-refractivity contribution in [3.05, 3.63) is 0 Å². The Morgan fingerprint density at radius 2 is 1.84 bits per heavy atom. The topological polar surface area (TPSA) is 61.9 Å². The van der Waals surface area contributed by atoms with Crippen molar-refractivity contribution in [1.82, 2.24) is 15.1 Å². The molecule has 0 bridgehead atoms. The van der Waals surface area contributed by atoms with Gasteiger partial charge in [-0.1, -0.05) is 6.92 Å². The van der Waals surface area contributed by atoms with Gasteiger partial charge in [-0.25, -0.2) is 4.79 Å². The Hall–Kier alpha value is -1.30. The molecule has 0 aromatic heterocycles. The van der Waals surface area contributed by atoms with Crippen LogP contribution in [-0.2, 0) is 9.53 Å². The number of amides is 2. The van der Waals surface area contributed by atoms with E-state index in [9.17, 15) is 9.59 Å². The van der Waals surface area contributed by atoms with Crippen molar-refractivity contribution in [2.75, 3.05) is 40.3 Å². The van der Waals surface area contributed by atoms with Gasteiger partial charge in [0, 0.05) is 27.2 Å². The van der Waals surface area contributed by atoms with Crippen LogP contribution in [0.25, 0.3) is 0 Å². The summed E-state index contributed by atoms with van der Waals surface area (Å²) in [6.45, 7) is 6.01. The van der Waals surface area contributed by atoms with E-state index in [0.717, 1.165) is 0 Å². The lowest BCUT2D eigenvalue weighted by molar-refractivity contribution is -0.153. The number of likely N-dealkylation sites (N-methyl/N-ethyl adjacent to an activating group) is 1. The number of piperidine rings is 1. The molecule has 1 fully saturated rings. The highest BCUT2D eigenvalue weighted by Gasteiger charge is 2.43. The number of nitrogens with zero attached hydrogens (tertiary/aromatic N) is 2. The van der Waals surface area contributed by atoms with Gasteiger partial charge in [0.25, 0.3) is 0 Å². The summed E-state index contributed by atoms with van der Waals surface area (Å²) >= 11 is 0. The predicted octanol–water partition coefficient (Wildman–Crippen LogP) is 0.675. The van der Waals surface area contributed by atoms with Crippen LogP contribution in [-0.4, -0.2) is 67.7 Å². The van der Waals surface area contributed by atoms with E-state index in [-0.39, 0.29) is 12.0 Å². The standard InChI is InChI=1S/C13H25N3O3/c1-5-14-13(11(17)19-6-2)7-9-16(10-8-13)12(18)15(3)4/h14H,5-10H2,1-4H3. The van der Waals surface area contributed by atoms with Crippen molar-refractivity contribution >= 4 is 12.0 Å². The molecular formula is C13H25N3O3. The van der Waals surface area contributed by atoms with Crippen LogP contribution in [0.5, 0.6) is 0 Å². The second-order valence-corrected chi connectivity index (χ2v) is 5.00. The molecule has 0 atom stereocenters. The average molecular weight is 271 g/mol. The molecule has 1 saturated heterocycles. The van der Waals surface area contributed by atoms with Crippen LogP contribution in [0.1, 0.15) is 26.7 Å². The minimum atomic E-state index is -0.631. The Labute approximate surface area is 115 Å². The van der Waals surface area contributed by atoms with Gasteiger partial charge in [-0.15, -0.1) is 0 Å². The third-order valence-corrected chi connectivity index (χ3v) is 3.45. The highest BCUT2D eigenvalue weighted by Crippen LogP contribution is 2.24. The van der Waals surface area contributed by atoms with Gasteiger partial charge in [-0.05, 0) is 26.3 Å². The highest BCUT2D eigenvalue weighted by molar-refractivity contribution is 5.82. The van der Waals surface area contributed by atoms with Crippen LogP contribution in [0.3, 0.4) is 0 Å². The first-order chi connectivity index (χ1) is 8.96. The van der Waals surface area contributed by atoms with E-state index in [1.165, 1.54) is 0 Å². The number of likely N-dealkylation sites (tertiary alicyclic amines) is 1. The molecule has 0 spiro atoms. The maximum absolute atomic E-state index is 12.1. The van der Waals surface area contributed by atoms with Gasteiger partial charge < -0.3 is 19.9 Å². The number of ether oxygens (including phenoxy) is 1. The zero-order valence-electron chi connectivity index (χ0n) is 12.4. The molecule has 0 unspecified atom stereocenters. The van der Waals surface area contributed by atoms with Crippen LogP contribution in [0.15, 0.2) is 0 Å². The summed E-state index contributed by atoms with van der Waals surface area (Å²) in [6, 6.07) is -0.00560. The van der Waals surface area contributed by atoms with Gasteiger partial charge >= 0.3 is 12.0 Å². The van der Waals surface area contributed by atoms with Crippen molar-refractivity contribution in [3.63, 3.8) is 0 Å². The lowest BCUT2D eigenvalue weighted by Gasteiger charge is -2.40. The molecule has 19 heavy (non-hydrogen) atoms. The number of nitrogens with one attached hydrogen (secondary N) is 1. The van der Waals surface area contributed by atoms with E-state index in [1.807, 2.05) is 13.8 Å². The van der Waals surface area contributed by atoms with E-state index in [1.54, 1.807) is 23.9 Å². The molecular weight excluding hydrogens is 246 g/mol. The molecule has 0 saturated carbocycles. The lowest BCUT2D eigenvalue weighted by Crippen LogP contribution is -2.60. The zero-order chi connectivity index (χ0) is 14.5. The third kappa shape index (κ3) is 3.59. The highest BCUT2D eigenvalue weighted by atomic mass is 16.5. The minimum absolute atomic E-state index is 0.00560. The molecule has 1 rings (SSSR count). The van der Waals surface area contributed by atoms with Gasteiger partial charge in [0.1, 0.15) is 5.54 Å². The van der Waals surface area contributed by atoms with E-state index < -0.39 is 5.54 Å². The average Bonchev–Trinajstić information content (AvgIpc) is 2.39. The molecule has 1 aliphatic rings. The summed E-state index contributed by atoms with van der Waals surface area (Å²) in [6.07, 6.45) is 1.19. The third-order valence-electron chi connectivity index (χ3n) is 3.45. The van der Waals surface area contributed by atoms with Gasteiger partial charge in [0.15, 0.2) is 0 Å². The minimum Gasteiger partial charge on any atom is -0.465 e. The quantitative estimate of drug-likeness (QED) is 0.764. The molecule has 0 aliphatic carbocycles. The molecule has 0 aromatic carbocycles. The smallest absolute Gasteiger partial charge is 0.326 e. The molecule has 1 N–H and O–H groups in total. The summed E-state index contributed by atoms with van der Waals surface area (Å²) in [7, 11) is 3.47. The summed E-state index contributed by atoms with van der Waals surface area (Å²) in [5.74, 6) is -0.200. The maximum atomic E-state index is 12.1. The van der Waals surface area contributed by atoms with Crippen molar-refractivity contribution in [3.8, 4) is 0 Å². The van der Waals surface area contributed by atoms with E-state index in [2.05, 4.69) is 5.32 Å². The first-order valence-electron chi connectivity index (χ1n) is 6.85. The predicted molar refractivity (Wildman–Crippen MR) is 72.9 cm³/mol. The number of carbonyl (C=O) groups excluding carboxylic acids is 2. The number of hydrogen-bond acceptors (Lipinski definition) is 4. The van der Waals surface area contributed by atoms with Crippen LogP contribution < -0.4 is 5.32 Å².